The van der Waals surface area contributed by atoms with Crippen LogP contribution in [0.4, 0.5) is 0 Å². The molecule has 18 heavy (non-hydrogen) atoms. The molecule has 0 aliphatic rings. The Bertz CT molecular complexity index is 136. The third-order valence-corrected chi connectivity index (χ3v) is 0.175. The van der Waals surface area contributed by atoms with E-state index in [0.717, 1.165) is 6.08 Å². The Kier molecular flexibility index (Phi) is 43.6. The monoisotopic (exact) mass is 300 g/mol. The van der Waals surface area contributed by atoms with E-state index in [-0.39, 0.29) is 40.0 Å². The van der Waals surface area contributed by atoms with Crippen molar-refractivity contribution in [2.45, 2.75) is 59.9 Å². The van der Waals surface area contributed by atoms with Crippen molar-refractivity contribution >= 4 is 5.97 Å². The van der Waals surface area contributed by atoms with E-state index in [1.807, 2.05) is 0 Å². The van der Waals surface area contributed by atoms with E-state index in [1.165, 1.54) is 0 Å². The van der Waals surface area contributed by atoms with Crippen LogP contribution < -0.4 is 0 Å². The molecule has 0 spiro atoms. The van der Waals surface area contributed by atoms with Gasteiger partial charge >= 0.3 is 5.97 Å². The van der Waals surface area contributed by atoms with Crippen LogP contribution in [0.2, 0.25) is 0 Å². The van der Waals surface area contributed by atoms with Crippen molar-refractivity contribution in [3.63, 3.8) is 0 Å². The summed E-state index contributed by atoms with van der Waals surface area (Å²) in [5, 5.41) is 31.8. The van der Waals surface area contributed by atoms with Crippen LogP contribution in [0.1, 0.15) is 41.5 Å². The average Bonchev–Trinajstić information content (AvgIpc) is 2.00. The zero-order valence-electron chi connectivity index (χ0n) is 12.2. The van der Waals surface area contributed by atoms with Gasteiger partial charge in [0, 0.05) is 46.1 Å². The Hall–Kier alpha value is -0.196. The van der Waals surface area contributed by atoms with Gasteiger partial charge in [-0.1, -0.05) is 6.58 Å². The second-order valence-corrected chi connectivity index (χ2v) is 3.82. The van der Waals surface area contributed by atoms with Gasteiger partial charge in [0.05, 0.1) is 0 Å². The minimum absolute atomic E-state index is 0. The number of hydrogen-bond donors (Lipinski definition) is 4. The first-order valence-electron chi connectivity index (χ1n) is 5.36. The van der Waals surface area contributed by atoms with Crippen molar-refractivity contribution in [2.75, 3.05) is 0 Å². The number of carboxylic acid groups (broad SMARTS) is 1. The second-order valence-electron chi connectivity index (χ2n) is 3.82. The largest absolute Gasteiger partial charge is 0.478 e. The van der Waals surface area contributed by atoms with E-state index in [2.05, 4.69) is 6.58 Å². The van der Waals surface area contributed by atoms with Gasteiger partial charge < -0.3 is 20.4 Å². The summed E-state index contributed by atoms with van der Waals surface area (Å²) in [7, 11) is 0. The quantitative estimate of drug-likeness (QED) is 0.433. The Morgan fingerprint density at radius 1 is 0.889 bits per heavy atom. The third kappa shape index (κ3) is 1060. The fourth-order valence-corrected chi connectivity index (χ4v) is 0. The van der Waals surface area contributed by atoms with Gasteiger partial charge in [0.2, 0.25) is 0 Å². The third-order valence-electron chi connectivity index (χ3n) is 0.175. The van der Waals surface area contributed by atoms with Gasteiger partial charge in [-0.3, -0.25) is 0 Å². The number of carbonyl (C=O) groups is 1. The topological polar surface area (TPSA) is 98.0 Å². The molecule has 4 N–H and O–H groups in total. The number of carboxylic acids is 1. The van der Waals surface area contributed by atoms with Gasteiger partial charge in [0.1, 0.15) is 0 Å². The normalized spacial score (nSPS) is 7.78. The van der Waals surface area contributed by atoms with Crippen molar-refractivity contribution in [3.05, 3.63) is 12.7 Å². The van der Waals surface area contributed by atoms with Crippen LogP contribution >= 0.6 is 0 Å². The molecule has 0 fully saturated rings. The molecule has 0 saturated heterocycles. The minimum Gasteiger partial charge on any atom is -0.478 e. The summed E-state index contributed by atoms with van der Waals surface area (Å²) in [4.78, 5) is 9.25. The van der Waals surface area contributed by atoms with Crippen LogP contribution in [-0.4, -0.2) is 44.7 Å². The number of rotatable bonds is 1. The molecule has 0 rings (SSSR count). The molecule has 0 bridgehead atoms. The van der Waals surface area contributed by atoms with E-state index in [9.17, 15) is 4.79 Å². The summed E-state index contributed by atoms with van der Waals surface area (Å²) in [6.07, 6.45) is 0.333. The first-order chi connectivity index (χ1) is 7.47. The Morgan fingerprint density at radius 2 is 0.944 bits per heavy atom. The summed E-state index contributed by atoms with van der Waals surface area (Å²) in [6, 6.07) is 0. The molecule has 0 atom stereocenters. The summed E-state index contributed by atoms with van der Waals surface area (Å²) in [6.45, 7) is 13.3. The summed E-state index contributed by atoms with van der Waals surface area (Å²) < 4.78 is 0. The fraction of sp³-hybridized carbons (Fsp3) is 0.750. The van der Waals surface area contributed by atoms with Crippen molar-refractivity contribution in [3.8, 4) is 0 Å². The molecule has 0 aromatic heterocycles. The van der Waals surface area contributed by atoms with Gasteiger partial charge in [-0.25, -0.2) is 4.79 Å². The van der Waals surface area contributed by atoms with Crippen LogP contribution in [0, 0.1) is 0 Å². The predicted octanol–water partition coefficient (Wildman–Crippen LogP) is 1.42. The molecule has 0 aromatic rings. The minimum atomic E-state index is -0.981. The zero-order valence-corrected chi connectivity index (χ0v) is 13.8. The molecule has 0 aromatic carbocycles. The molecule has 0 amide bonds. The first kappa shape index (κ1) is 30.7. The smallest absolute Gasteiger partial charge is 0.327 e. The molecule has 0 aliphatic heterocycles. The Morgan fingerprint density at radius 3 is 0.944 bits per heavy atom. The van der Waals surface area contributed by atoms with Gasteiger partial charge in [0.25, 0.3) is 0 Å². The molecule has 0 saturated carbocycles. The van der Waals surface area contributed by atoms with Gasteiger partial charge in [-0.05, 0) is 41.5 Å². The van der Waals surface area contributed by atoms with Crippen molar-refractivity contribution in [1.82, 2.24) is 0 Å². The molecule has 110 valence electrons. The predicted molar refractivity (Wildman–Crippen MR) is 69.9 cm³/mol. The molecular weight excluding hydrogens is 272 g/mol. The summed E-state index contributed by atoms with van der Waals surface area (Å²) in [5.74, 6) is -0.981. The van der Waals surface area contributed by atoms with E-state index < -0.39 is 5.97 Å². The molecule has 6 heteroatoms. The van der Waals surface area contributed by atoms with Crippen LogP contribution in [0.25, 0.3) is 0 Å². The van der Waals surface area contributed by atoms with Crippen LogP contribution in [0.3, 0.4) is 0 Å². The second kappa shape index (κ2) is 25.6. The van der Waals surface area contributed by atoms with Gasteiger partial charge in [-0.15, -0.1) is 0 Å². The first-order valence-corrected chi connectivity index (χ1v) is 5.36. The van der Waals surface area contributed by atoms with Crippen LogP contribution in [-0.2, 0) is 26.5 Å². The Balaban J connectivity index is -0.0000000412. The van der Waals surface area contributed by atoms with E-state index in [1.54, 1.807) is 41.5 Å². The number of aliphatic hydroxyl groups is 3. The number of aliphatic hydroxyl groups excluding tert-OH is 3. The van der Waals surface area contributed by atoms with Crippen molar-refractivity contribution < 1.29 is 46.9 Å². The summed E-state index contributed by atoms with van der Waals surface area (Å²) in [5.41, 5.74) is 0. The molecule has 0 radical (unpaired) electrons. The SMILES string of the molecule is C=CC(=O)O.CC(C)O.CC(C)O.CC(C)O.[Ti]. The van der Waals surface area contributed by atoms with E-state index in [0.29, 0.717) is 0 Å². The Labute approximate surface area is 125 Å². The molecule has 0 unspecified atom stereocenters. The molecular formula is C12H28O5Ti. The van der Waals surface area contributed by atoms with Gasteiger partial charge in [-0.2, -0.15) is 0 Å². The van der Waals surface area contributed by atoms with Gasteiger partial charge in [0.15, 0.2) is 0 Å². The molecule has 5 nitrogen and oxygen atoms in total. The van der Waals surface area contributed by atoms with E-state index >= 15 is 0 Å². The number of hydrogen-bond acceptors (Lipinski definition) is 4. The maximum absolute atomic E-state index is 9.25. The summed E-state index contributed by atoms with van der Waals surface area (Å²) >= 11 is 0. The average molecular weight is 300 g/mol. The maximum Gasteiger partial charge on any atom is 0.327 e. The number of aliphatic carboxylic acids is 1. The van der Waals surface area contributed by atoms with Crippen molar-refractivity contribution in [1.29, 1.82) is 0 Å². The van der Waals surface area contributed by atoms with Crippen LogP contribution in [0.5, 0.6) is 0 Å². The maximum atomic E-state index is 9.25. The van der Waals surface area contributed by atoms with Crippen LogP contribution in [0.15, 0.2) is 12.7 Å². The molecule has 0 heterocycles. The standard InChI is InChI=1S/C3H4O2.3C3H8O.Ti/c1-2-3(4)5;3*1-3(2)4;/h2H,1H2,(H,4,5);3*3-4H,1-2H3;. The van der Waals surface area contributed by atoms with Crippen molar-refractivity contribution in [2.24, 2.45) is 0 Å². The zero-order chi connectivity index (χ0) is 15.0. The molecule has 0 aliphatic carbocycles. The fourth-order valence-electron chi connectivity index (χ4n) is 0. The van der Waals surface area contributed by atoms with E-state index in [4.69, 9.17) is 20.4 Å².